The molecule has 2 N–H and O–H groups in total. The average Bonchev–Trinajstić information content (AvgIpc) is 2.99. The minimum atomic E-state index is -0.928. The van der Waals surface area contributed by atoms with Crippen molar-refractivity contribution in [2.75, 3.05) is 11.9 Å². The van der Waals surface area contributed by atoms with Crippen molar-refractivity contribution >= 4 is 17.6 Å². The first kappa shape index (κ1) is 16.5. The van der Waals surface area contributed by atoms with E-state index in [1.54, 1.807) is 35.4 Å². The fourth-order valence-corrected chi connectivity index (χ4v) is 3.03. The van der Waals surface area contributed by atoms with Crippen LogP contribution in [0.5, 0.6) is 0 Å². The summed E-state index contributed by atoms with van der Waals surface area (Å²) in [5.41, 5.74) is 0.347. The fraction of sp³-hybridized carbons (Fsp3) is 0.333. The van der Waals surface area contributed by atoms with Gasteiger partial charge in [-0.1, -0.05) is 13.0 Å². The lowest BCUT2D eigenvalue weighted by Crippen LogP contribution is -2.42. The Labute approximate surface area is 146 Å². The fourth-order valence-electron chi connectivity index (χ4n) is 3.03. The molecule has 2 aliphatic rings. The lowest BCUT2D eigenvalue weighted by molar-refractivity contribution is -0.134. The largest absolute Gasteiger partial charge is 0.333 e. The number of rotatable bonds is 3. The Hall–Kier alpha value is -3.32. The Morgan fingerprint density at radius 2 is 2.32 bits per heavy atom. The maximum Gasteiger partial charge on any atom is 0.245 e. The highest BCUT2D eigenvalue weighted by Crippen LogP contribution is 2.36. The highest BCUT2D eigenvalue weighted by atomic mass is 16.2. The van der Waals surface area contributed by atoms with Crippen molar-refractivity contribution in [1.82, 2.24) is 10.2 Å². The topological polar surface area (TPSA) is 104 Å². The van der Waals surface area contributed by atoms with Crippen LogP contribution in [-0.4, -0.2) is 29.5 Å². The molecule has 2 aliphatic heterocycles. The molecule has 7 nitrogen and oxygen atoms in total. The van der Waals surface area contributed by atoms with Crippen LogP contribution in [-0.2, 0) is 4.79 Å². The maximum atomic E-state index is 12.7. The van der Waals surface area contributed by atoms with E-state index >= 15 is 0 Å². The van der Waals surface area contributed by atoms with Crippen LogP contribution in [0, 0.1) is 28.1 Å². The zero-order valence-corrected chi connectivity index (χ0v) is 13.9. The second-order valence-electron chi connectivity index (χ2n) is 6.01. The average molecular weight is 334 g/mol. The van der Waals surface area contributed by atoms with Gasteiger partial charge in [-0.15, -0.1) is 0 Å². The van der Waals surface area contributed by atoms with Crippen molar-refractivity contribution in [2.45, 2.75) is 25.9 Å². The van der Waals surface area contributed by atoms with Crippen LogP contribution in [0.15, 0.2) is 41.5 Å². The third kappa shape index (κ3) is 3.05. The van der Waals surface area contributed by atoms with E-state index in [4.69, 9.17) is 5.26 Å². The number of nitriles is 2. The molecule has 0 saturated carbocycles. The van der Waals surface area contributed by atoms with E-state index in [9.17, 15) is 10.1 Å². The first-order valence-electron chi connectivity index (χ1n) is 8.12. The molecular weight excluding hydrogens is 316 g/mol. The van der Waals surface area contributed by atoms with Gasteiger partial charge in [0.1, 0.15) is 11.6 Å². The summed E-state index contributed by atoms with van der Waals surface area (Å²) in [7, 11) is 0. The summed E-state index contributed by atoms with van der Waals surface area (Å²) in [6.45, 7) is 2.37. The van der Waals surface area contributed by atoms with Crippen molar-refractivity contribution < 1.29 is 4.79 Å². The van der Waals surface area contributed by atoms with E-state index in [1.807, 2.05) is 13.0 Å². The molecule has 0 spiro atoms. The van der Waals surface area contributed by atoms with E-state index in [0.29, 0.717) is 30.9 Å². The maximum absolute atomic E-state index is 12.7. The van der Waals surface area contributed by atoms with Crippen molar-refractivity contribution in [3.8, 4) is 12.1 Å². The number of guanidine groups is 1. The van der Waals surface area contributed by atoms with Gasteiger partial charge in [0.05, 0.1) is 17.7 Å². The number of benzene rings is 1. The molecule has 1 aromatic carbocycles. The first-order chi connectivity index (χ1) is 12.1. The number of carbonyl (C=O) groups is 1. The Balaban J connectivity index is 1.77. The molecule has 0 radical (unpaired) electrons. The van der Waals surface area contributed by atoms with Gasteiger partial charge in [0.2, 0.25) is 11.9 Å². The van der Waals surface area contributed by atoms with Crippen molar-refractivity contribution in [3.05, 3.63) is 42.1 Å². The number of hydrogen-bond acceptors (Lipinski definition) is 6. The van der Waals surface area contributed by atoms with Crippen LogP contribution in [0.2, 0.25) is 0 Å². The Bertz CT molecular complexity index is 831. The normalized spacial score (nSPS) is 24.9. The standard InChI is InChI=1S/C18H18N6O/c1-2-18(12-20)7-9-24(16(18)25)15-6-8-21-17(23-15)22-14-5-3-4-13(10-14)11-19/h3-6,8,10,15H,2,7,9H2,1H3,(H2,21,22,23). The zero-order chi connectivity index (χ0) is 17.9. The quantitative estimate of drug-likeness (QED) is 0.879. The number of likely N-dealkylation sites (tertiary alicyclic amines) is 1. The summed E-state index contributed by atoms with van der Waals surface area (Å²) in [6, 6.07) is 11.3. The van der Waals surface area contributed by atoms with Gasteiger partial charge in [-0.3, -0.25) is 4.79 Å². The summed E-state index contributed by atoms with van der Waals surface area (Å²) < 4.78 is 0. The van der Waals surface area contributed by atoms with Gasteiger partial charge >= 0.3 is 0 Å². The number of nitrogens with one attached hydrogen (secondary N) is 2. The first-order valence-corrected chi connectivity index (χ1v) is 8.12. The molecule has 2 unspecified atom stereocenters. The Morgan fingerprint density at radius 1 is 1.48 bits per heavy atom. The molecule has 25 heavy (non-hydrogen) atoms. The molecule has 2 atom stereocenters. The molecule has 1 fully saturated rings. The van der Waals surface area contributed by atoms with Crippen LogP contribution in [0.25, 0.3) is 0 Å². The van der Waals surface area contributed by atoms with Crippen LogP contribution in [0.1, 0.15) is 25.3 Å². The number of nitrogens with zero attached hydrogens (tertiary/aromatic N) is 4. The highest BCUT2D eigenvalue weighted by Gasteiger charge is 2.47. The molecule has 1 aromatic rings. The summed E-state index contributed by atoms with van der Waals surface area (Å²) in [6.07, 6.45) is 4.09. The molecule has 3 rings (SSSR count). The van der Waals surface area contributed by atoms with Gasteiger partial charge in [-0.25, -0.2) is 4.99 Å². The molecule has 1 saturated heterocycles. The third-order valence-corrected chi connectivity index (χ3v) is 4.59. The number of carbonyl (C=O) groups excluding carboxylic acids is 1. The highest BCUT2D eigenvalue weighted by molar-refractivity contribution is 5.95. The van der Waals surface area contributed by atoms with Gasteiger partial charge in [-0.05, 0) is 37.1 Å². The Kier molecular flexibility index (Phi) is 4.40. The second-order valence-corrected chi connectivity index (χ2v) is 6.01. The molecule has 1 amide bonds. The minimum absolute atomic E-state index is 0.163. The second kappa shape index (κ2) is 6.66. The SMILES string of the molecule is CCC1(C#N)CCN(C2C=CNC(Nc3cccc(C#N)c3)=N2)C1=O. The van der Waals surface area contributed by atoms with E-state index in [0.717, 1.165) is 5.69 Å². The Morgan fingerprint density at radius 3 is 3.00 bits per heavy atom. The lowest BCUT2D eigenvalue weighted by atomic mass is 9.85. The third-order valence-electron chi connectivity index (χ3n) is 4.59. The summed E-state index contributed by atoms with van der Waals surface area (Å²) in [5, 5.41) is 24.5. The summed E-state index contributed by atoms with van der Waals surface area (Å²) >= 11 is 0. The molecule has 2 heterocycles. The number of anilines is 1. The van der Waals surface area contributed by atoms with Gasteiger partial charge in [0.25, 0.3) is 0 Å². The number of aliphatic imine (C=N–C) groups is 1. The van der Waals surface area contributed by atoms with Crippen LogP contribution >= 0.6 is 0 Å². The van der Waals surface area contributed by atoms with Crippen LogP contribution in [0.3, 0.4) is 0 Å². The zero-order valence-electron chi connectivity index (χ0n) is 13.9. The molecule has 0 bridgehead atoms. The van der Waals surface area contributed by atoms with E-state index in [1.165, 1.54) is 0 Å². The van der Waals surface area contributed by atoms with Gasteiger partial charge in [-0.2, -0.15) is 10.5 Å². The predicted molar refractivity (Wildman–Crippen MR) is 92.9 cm³/mol. The van der Waals surface area contributed by atoms with Gasteiger partial charge in [0, 0.05) is 18.4 Å². The van der Waals surface area contributed by atoms with Crippen molar-refractivity contribution in [3.63, 3.8) is 0 Å². The summed E-state index contributed by atoms with van der Waals surface area (Å²) in [5.74, 6) is 0.324. The predicted octanol–water partition coefficient (Wildman–Crippen LogP) is 1.92. The molecular formula is C18H18N6O. The number of hydrogen-bond donors (Lipinski definition) is 2. The van der Waals surface area contributed by atoms with E-state index in [-0.39, 0.29) is 5.91 Å². The molecule has 126 valence electrons. The smallest absolute Gasteiger partial charge is 0.245 e. The molecule has 0 aliphatic carbocycles. The van der Waals surface area contributed by atoms with Crippen molar-refractivity contribution in [1.29, 1.82) is 10.5 Å². The van der Waals surface area contributed by atoms with Gasteiger partial charge in [0.15, 0.2) is 0 Å². The monoisotopic (exact) mass is 334 g/mol. The van der Waals surface area contributed by atoms with E-state index < -0.39 is 11.6 Å². The van der Waals surface area contributed by atoms with Crippen LogP contribution < -0.4 is 10.6 Å². The molecule has 0 aromatic heterocycles. The van der Waals surface area contributed by atoms with Crippen molar-refractivity contribution in [2.24, 2.45) is 10.4 Å². The van der Waals surface area contributed by atoms with Gasteiger partial charge < -0.3 is 15.5 Å². The number of amides is 1. The van der Waals surface area contributed by atoms with E-state index in [2.05, 4.69) is 27.8 Å². The van der Waals surface area contributed by atoms with Crippen LogP contribution in [0.4, 0.5) is 5.69 Å². The molecule has 7 heteroatoms. The minimum Gasteiger partial charge on any atom is -0.333 e. The summed E-state index contributed by atoms with van der Waals surface area (Å²) in [4.78, 5) is 18.8. The lowest BCUT2D eigenvalue weighted by Gasteiger charge is -2.27.